The molecule has 0 aliphatic heterocycles. The molecule has 0 bridgehead atoms. The average Bonchev–Trinajstić information content (AvgIpc) is 3.10. The molecule has 1 atom stereocenters. The highest BCUT2D eigenvalue weighted by molar-refractivity contribution is 5.80. The highest BCUT2D eigenvalue weighted by atomic mass is 16.5. The Morgan fingerprint density at radius 1 is 0.540 bits per heavy atom. The van der Waals surface area contributed by atoms with E-state index in [1.165, 1.54) is 25.7 Å². The Morgan fingerprint density at radius 2 is 0.980 bits per heavy atom. The van der Waals surface area contributed by atoms with Crippen molar-refractivity contribution >= 4 is 17.8 Å². The summed E-state index contributed by atoms with van der Waals surface area (Å²) in [5, 5.41) is 11.1. The van der Waals surface area contributed by atoms with E-state index in [1.54, 1.807) is 0 Å². The van der Waals surface area contributed by atoms with Crippen molar-refractivity contribution < 1.29 is 24.2 Å². The number of hydrogen-bond donors (Lipinski definition) is 2. The lowest BCUT2D eigenvalue weighted by molar-refractivity contribution is -0.147. The summed E-state index contributed by atoms with van der Waals surface area (Å²) in [5.74, 6) is -1.51. The summed E-state index contributed by atoms with van der Waals surface area (Å²) in [4.78, 5) is 35.1. The number of carbonyl (C=O) groups is 3. The molecule has 0 rings (SSSR count). The fourth-order valence-corrected chi connectivity index (χ4v) is 4.94. The number of carbonyl (C=O) groups excluding carboxylic acids is 2. The van der Waals surface area contributed by atoms with E-state index in [1.807, 2.05) is 12.2 Å². The maximum Gasteiger partial charge on any atom is 0.322 e. The number of aliphatic carboxylic acids is 1. The maximum absolute atomic E-state index is 12.6. The molecule has 0 fully saturated rings. The summed E-state index contributed by atoms with van der Waals surface area (Å²) in [7, 11) is 0. The highest BCUT2D eigenvalue weighted by Crippen LogP contribution is 2.14. The Balaban J connectivity index is 4.35. The lowest BCUT2D eigenvalue weighted by atomic mass is 10.1. The number of esters is 1. The fourth-order valence-electron chi connectivity index (χ4n) is 4.94. The number of amides is 1. The van der Waals surface area contributed by atoms with Crippen molar-refractivity contribution in [2.45, 2.75) is 155 Å². The number of ether oxygens (including phenoxy) is 1. The quantitative estimate of drug-likeness (QED) is 0.0406. The Hall–Kier alpha value is -3.67. The third-order valence-electron chi connectivity index (χ3n) is 7.74. The van der Waals surface area contributed by atoms with Gasteiger partial charge in [-0.25, -0.2) is 0 Å². The Kier molecular flexibility index (Phi) is 35.3. The minimum absolute atomic E-state index is 0.172. The Labute approximate surface area is 305 Å². The number of unbranched alkanes of at least 4 members (excludes halogenated alkanes) is 8. The van der Waals surface area contributed by atoms with E-state index in [0.717, 1.165) is 77.0 Å². The van der Waals surface area contributed by atoms with Crippen LogP contribution in [0.3, 0.4) is 0 Å². The molecule has 0 aromatic heterocycles. The standard InChI is InChI=1S/C44H69NO5/c1-3-5-7-9-11-13-15-17-19-20-21-23-25-27-29-31-33-39-44(49)50-41(37-34-35-38-42(46)45-40-43(47)48)36-32-30-28-26-24-22-18-16-14-12-10-8-6-4-2/h5-8,11-14,17-19,22,26,28,32,36,41H,3-4,9-10,15-16,20-21,23-25,27,29-31,33-35,37-40H2,1-2H3,(H,45,46)(H,47,48)/b7-5-,8-6-,13-11-,14-12-,19-17-,22-18-,28-26-,36-32-. The van der Waals surface area contributed by atoms with Crippen molar-refractivity contribution in [2.75, 3.05) is 6.54 Å². The van der Waals surface area contributed by atoms with Crippen molar-refractivity contribution in [1.29, 1.82) is 0 Å². The van der Waals surface area contributed by atoms with Gasteiger partial charge in [0.1, 0.15) is 12.6 Å². The van der Waals surface area contributed by atoms with Crippen molar-refractivity contribution in [3.05, 3.63) is 97.2 Å². The monoisotopic (exact) mass is 692 g/mol. The van der Waals surface area contributed by atoms with E-state index in [4.69, 9.17) is 9.84 Å². The number of carboxylic acids is 1. The Bertz CT molecular complexity index is 1080. The molecule has 0 radical (unpaired) electrons. The molecule has 280 valence electrons. The van der Waals surface area contributed by atoms with Gasteiger partial charge in [-0.05, 0) is 96.0 Å². The molecule has 2 N–H and O–H groups in total. The molecule has 0 saturated heterocycles. The van der Waals surface area contributed by atoms with E-state index in [-0.39, 0.29) is 30.9 Å². The first-order valence-corrected chi connectivity index (χ1v) is 19.4. The van der Waals surface area contributed by atoms with Gasteiger partial charge in [-0.1, -0.05) is 137 Å². The zero-order chi connectivity index (χ0) is 36.6. The topological polar surface area (TPSA) is 92.7 Å². The van der Waals surface area contributed by atoms with E-state index >= 15 is 0 Å². The van der Waals surface area contributed by atoms with E-state index in [9.17, 15) is 14.4 Å². The van der Waals surface area contributed by atoms with Crippen LogP contribution >= 0.6 is 0 Å². The van der Waals surface area contributed by atoms with Gasteiger partial charge in [-0.15, -0.1) is 0 Å². The second-order valence-corrected chi connectivity index (χ2v) is 12.4. The average molecular weight is 692 g/mol. The predicted molar refractivity (Wildman–Crippen MR) is 212 cm³/mol. The van der Waals surface area contributed by atoms with Crippen LogP contribution in [0.5, 0.6) is 0 Å². The van der Waals surface area contributed by atoms with Gasteiger partial charge < -0.3 is 15.2 Å². The summed E-state index contributed by atoms with van der Waals surface area (Å²) >= 11 is 0. The molecule has 0 aromatic carbocycles. The first-order chi connectivity index (χ1) is 24.5. The second-order valence-electron chi connectivity index (χ2n) is 12.4. The van der Waals surface area contributed by atoms with Gasteiger partial charge in [-0.2, -0.15) is 0 Å². The summed E-state index contributed by atoms with van der Waals surface area (Å²) in [6.07, 6.45) is 53.9. The lowest BCUT2D eigenvalue weighted by Gasteiger charge is -2.14. The number of carboxylic acid groups (broad SMARTS) is 1. The molecular formula is C44H69NO5. The van der Waals surface area contributed by atoms with Crippen LogP contribution in [0.15, 0.2) is 97.2 Å². The van der Waals surface area contributed by atoms with Crippen molar-refractivity contribution in [1.82, 2.24) is 5.32 Å². The minimum Gasteiger partial charge on any atom is -0.480 e. The second kappa shape index (κ2) is 38.1. The van der Waals surface area contributed by atoms with Crippen LogP contribution in [0.4, 0.5) is 0 Å². The molecule has 0 aliphatic carbocycles. The summed E-state index contributed by atoms with van der Waals surface area (Å²) in [5.41, 5.74) is 0. The highest BCUT2D eigenvalue weighted by Gasteiger charge is 2.12. The predicted octanol–water partition coefficient (Wildman–Crippen LogP) is 11.8. The lowest BCUT2D eigenvalue weighted by Crippen LogP contribution is -2.28. The van der Waals surface area contributed by atoms with Gasteiger partial charge in [-0.3, -0.25) is 14.4 Å². The molecule has 6 heteroatoms. The maximum atomic E-state index is 12.6. The minimum atomic E-state index is -1.06. The number of rotatable bonds is 33. The first-order valence-electron chi connectivity index (χ1n) is 19.4. The van der Waals surface area contributed by atoms with Crippen LogP contribution in [0.25, 0.3) is 0 Å². The van der Waals surface area contributed by atoms with Crippen LogP contribution in [0, 0.1) is 0 Å². The van der Waals surface area contributed by atoms with Gasteiger partial charge in [0.05, 0.1) is 0 Å². The largest absolute Gasteiger partial charge is 0.480 e. The summed E-state index contributed by atoms with van der Waals surface area (Å²) < 4.78 is 5.82. The number of hydrogen-bond acceptors (Lipinski definition) is 4. The summed E-state index contributed by atoms with van der Waals surface area (Å²) in [6.45, 7) is 3.92. The van der Waals surface area contributed by atoms with E-state index in [0.29, 0.717) is 25.7 Å². The normalized spacial score (nSPS) is 13.2. The Morgan fingerprint density at radius 3 is 1.50 bits per heavy atom. The zero-order valence-electron chi connectivity index (χ0n) is 31.5. The molecule has 0 heterocycles. The van der Waals surface area contributed by atoms with Gasteiger partial charge in [0.2, 0.25) is 5.91 Å². The van der Waals surface area contributed by atoms with Gasteiger partial charge in [0.15, 0.2) is 0 Å². The summed E-state index contributed by atoms with van der Waals surface area (Å²) in [6, 6.07) is 0. The molecule has 50 heavy (non-hydrogen) atoms. The fraction of sp³-hybridized carbons (Fsp3) is 0.568. The molecular weight excluding hydrogens is 622 g/mol. The molecule has 1 unspecified atom stereocenters. The molecule has 1 amide bonds. The van der Waals surface area contributed by atoms with Crippen molar-refractivity contribution in [3.63, 3.8) is 0 Å². The van der Waals surface area contributed by atoms with Crippen molar-refractivity contribution in [2.24, 2.45) is 0 Å². The third kappa shape index (κ3) is 37.2. The smallest absolute Gasteiger partial charge is 0.322 e. The van der Waals surface area contributed by atoms with Crippen molar-refractivity contribution in [3.8, 4) is 0 Å². The molecule has 0 aromatic rings. The first kappa shape index (κ1) is 46.3. The zero-order valence-corrected chi connectivity index (χ0v) is 31.5. The van der Waals surface area contributed by atoms with Gasteiger partial charge in [0.25, 0.3) is 0 Å². The van der Waals surface area contributed by atoms with E-state index in [2.05, 4.69) is 104 Å². The van der Waals surface area contributed by atoms with Gasteiger partial charge in [0, 0.05) is 12.8 Å². The van der Waals surface area contributed by atoms with Crippen LogP contribution in [-0.4, -0.2) is 35.6 Å². The molecule has 0 aliphatic rings. The van der Waals surface area contributed by atoms with E-state index < -0.39 is 5.97 Å². The molecule has 0 saturated carbocycles. The van der Waals surface area contributed by atoms with Crippen LogP contribution in [-0.2, 0) is 19.1 Å². The number of nitrogens with one attached hydrogen (secondary N) is 1. The van der Waals surface area contributed by atoms with Crippen LogP contribution in [0.1, 0.15) is 149 Å². The number of allylic oxidation sites excluding steroid dienone is 15. The van der Waals surface area contributed by atoms with Crippen LogP contribution < -0.4 is 5.32 Å². The molecule has 0 spiro atoms. The van der Waals surface area contributed by atoms with Crippen LogP contribution in [0.2, 0.25) is 0 Å². The molecule has 6 nitrogen and oxygen atoms in total. The van der Waals surface area contributed by atoms with Gasteiger partial charge >= 0.3 is 11.9 Å². The SMILES string of the molecule is CC/C=C\C/C=C\C/C=C\C/C=C\C/C=C\C(CCCCC(=O)NCC(=O)O)OC(=O)CCCCCCCCC/C=C\C/C=C\C/C=C\CC. The third-order valence-corrected chi connectivity index (χ3v) is 7.74.